The molecule has 1 rings (SSSR count). The summed E-state index contributed by atoms with van der Waals surface area (Å²) in [5.74, 6) is 1.20. The van der Waals surface area contributed by atoms with Gasteiger partial charge in [-0.15, -0.1) is 0 Å². The van der Waals surface area contributed by atoms with E-state index >= 15 is 0 Å². The quantitative estimate of drug-likeness (QED) is 0.832. The number of hydrogen-bond acceptors (Lipinski definition) is 3. The normalized spacial score (nSPS) is 14.0. The zero-order valence-electron chi connectivity index (χ0n) is 10.7. The van der Waals surface area contributed by atoms with E-state index in [1.807, 2.05) is 11.8 Å². The molecule has 1 aromatic heterocycles. The fraction of sp³-hybridized carbons (Fsp3) is 0.692. The minimum Gasteiger partial charge on any atom is -0.316 e. The molecular formula is C13H23NS2. The molecule has 0 radical (unpaired) electrons. The third-order valence-electron chi connectivity index (χ3n) is 2.49. The van der Waals surface area contributed by atoms with E-state index in [1.54, 1.807) is 11.3 Å². The Labute approximate surface area is 108 Å². The lowest BCUT2D eigenvalue weighted by molar-refractivity contribution is 0.571. The number of rotatable bonds is 6. The zero-order valence-corrected chi connectivity index (χ0v) is 12.4. The maximum absolute atomic E-state index is 3.42. The monoisotopic (exact) mass is 257 g/mol. The Morgan fingerprint density at radius 2 is 2.19 bits per heavy atom. The van der Waals surface area contributed by atoms with Crippen LogP contribution in [0.15, 0.2) is 16.8 Å². The Morgan fingerprint density at radius 1 is 1.44 bits per heavy atom. The van der Waals surface area contributed by atoms with Gasteiger partial charge in [-0.05, 0) is 42.3 Å². The van der Waals surface area contributed by atoms with Crippen molar-refractivity contribution >= 4 is 23.1 Å². The van der Waals surface area contributed by atoms with E-state index in [2.05, 4.69) is 50.0 Å². The predicted molar refractivity (Wildman–Crippen MR) is 77.7 cm³/mol. The molecular weight excluding hydrogens is 234 g/mol. The number of nitrogens with one attached hydrogen (secondary N) is 1. The van der Waals surface area contributed by atoms with Crippen molar-refractivity contribution in [1.82, 2.24) is 5.32 Å². The average Bonchev–Trinajstić information content (AvgIpc) is 2.69. The van der Waals surface area contributed by atoms with Gasteiger partial charge in [-0.25, -0.2) is 0 Å². The Balaban J connectivity index is 2.27. The van der Waals surface area contributed by atoms with Crippen molar-refractivity contribution in [2.45, 2.75) is 44.4 Å². The van der Waals surface area contributed by atoms with E-state index in [4.69, 9.17) is 0 Å². The zero-order chi connectivity index (χ0) is 12.0. The van der Waals surface area contributed by atoms with Gasteiger partial charge in [0.05, 0.1) is 0 Å². The molecule has 0 saturated heterocycles. The lowest BCUT2D eigenvalue weighted by Crippen LogP contribution is -2.30. The van der Waals surface area contributed by atoms with E-state index in [-0.39, 0.29) is 0 Å². The van der Waals surface area contributed by atoms with Crippen LogP contribution < -0.4 is 5.32 Å². The summed E-state index contributed by atoms with van der Waals surface area (Å²) in [5, 5.41) is 7.83. The summed E-state index contributed by atoms with van der Waals surface area (Å²) in [7, 11) is 2.07. The molecule has 0 saturated carbocycles. The van der Waals surface area contributed by atoms with Crippen molar-refractivity contribution in [2.75, 3.05) is 12.8 Å². The second-order valence-electron chi connectivity index (χ2n) is 5.08. The van der Waals surface area contributed by atoms with Gasteiger partial charge >= 0.3 is 0 Å². The predicted octanol–water partition coefficient (Wildman–Crippen LogP) is 3.80. The van der Waals surface area contributed by atoms with Crippen molar-refractivity contribution in [1.29, 1.82) is 0 Å². The second kappa shape index (κ2) is 6.67. The molecule has 3 heteroatoms. The van der Waals surface area contributed by atoms with E-state index in [0.717, 1.165) is 0 Å². The summed E-state index contributed by atoms with van der Waals surface area (Å²) in [6.07, 6.45) is 2.43. The first-order chi connectivity index (χ1) is 7.51. The van der Waals surface area contributed by atoms with Crippen LogP contribution in [0.1, 0.15) is 32.8 Å². The minimum atomic E-state index is 0.373. The lowest BCUT2D eigenvalue weighted by Gasteiger charge is -2.22. The van der Waals surface area contributed by atoms with Gasteiger partial charge in [-0.1, -0.05) is 20.8 Å². The van der Waals surface area contributed by atoms with Crippen molar-refractivity contribution < 1.29 is 0 Å². The topological polar surface area (TPSA) is 12.0 Å². The average molecular weight is 257 g/mol. The van der Waals surface area contributed by atoms with Gasteiger partial charge < -0.3 is 5.32 Å². The number of thioether (sulfide) groups is 1. The molecule has 0 aliphatic carbocycles. The highest BCUT2D eigenvalue weighted by Gasteiger charge is 2.14. The van der Waals surface area contributed by atoms with Crippen molar-refractivity contribution in [2.24, 2.45) is 0 Å². The van der Waals surface area contributed by atoms with Crippen LogP contribution in [0.5, 0.6) is 0 Å². The first-order valence-electron chi connectivity index (χ1n) is 5.83. The summed E-state index contributed by atoms with van der Waals surface area (Å²) in [6, 6.07) is 2.86. The van der Waals surface area contributed by atoms with Crippen LogP contribution in [0.2, 0.25) is 0 Å². The van der Waals surface area contributed by atoms with E-state index in [9.17, 15) is 0 Å². The lowest BCUT2D eigenvalue weighted by atomic mass is 10.1. The molecule has 1 unspecified atom stereocenters. The van der Waals surface area contributed by atoms with Crippen molar-refractivity contribution in [3.8, 4) is 0 Å². The Morgan fingerprint density at radius 3 is 2.69 bits per heavy atom. The van der Waals surface area contributed by atoms with Crippen LogP contribution in [-0.4, -0.2) is 23.6 Å². The highest BCUT2D eigenvalue weighted by molar-refractivity contribution is 8.00. The summed E-state index contributed by atoms with van der Waals surface area (Å²) in [4.78, 5) is 0. The maximum atomic E-state index is 3.42. The molecule has 0 amide bonds. The summed E-state index contributed by atoms with van der Waals surface area (Å²) in [6.45, 7) is 6.84. The SMILES string of the molecule is CNC(CCc1ccsc1)CSC(C)(C)C. The summed E-state index contributed by atoms with van der Waals surface area (Å²) < 4.78 is 0.373. The summed E-state index contributed by atoms with van der Waals surface area (Å²) in [5.41, 5.74) is 1.48. The van der Waals surface area contributed by atoms with Crippen LogP contribution in [0.25, 0.3) is 0 Å². The molecule has 16 heavy (non-hydrogen) atoms. The van der Waals surface area contributed by atoms with Crippen molar-refractivity contribution in [3.05, 3.63) is 22.4 Å². The van der Waals surface area contributed by atoms with Gasteiger partial charge in [0.25, 0.3) is 0 Å². The molecule has 0 fully saturated rings. The highest BCUT2D eigenvalue weighted by atomic mass is 32.2. The van der Waals surface area contributed by atoms with Gasteiger partial charge in [-0.2, -0.15) is 23.1 Å². The van der Waals surface area contributed by atoms with Gasteiger partial charge in [0.15, 0.2) is 0 Å². The molecule has 1 aromatic rings. The van der Waals surface area contributed by atoms with Gasteiger partial charge in [-0.3, -0.25) is 0 Å². The Hall–Kier alpha value is 0.01000. The van der Waals surface area contributed by atoms with Crippen LogP contribution in [-0.2, 0) is 6.42 Å². The van der Waals surface area contributed by atoms with E-state index in [0.29, 0.717) is 10.8 Å². The maximum Gasteiger partial charge on any atom is 0.0158 e. The van der Waals surface area contributed by atoms with Gasteiger partial charge in [0, 0.05) is 16.5 Å². The fourth-order valence-electron chi connectivity index (χ4n) is 1.44. The third-order valence-corrected chi connectivity index (χ3v) is 4.65. The molecule has 1 nitrogen and oxygen atoms in total. The van der Waals surface area contributed by atoms with Crippen LogP contribution in [0, 0.1) is 0 Å². The summed E-state index contributed by atoms with van der Waals surface area (Å²) >= 11 is 3.83. The molecule has 0 bridgehead atoms. The number of hydrogen-bond donors (Lipinski definition) is 1. The largest absolute Gasteiger partial charge is 0.316 e. The van der Waals surface area contributed by atoms with Crippen molar-refractivity contribution in [3.63, 3.8) is 0 Å². The number of thiophene rings is 1. The first-order valence-corrected chi connectivity index (χ1v) is 7.76. The van der Waals surface area contributed by atoms with Crippen LogP contribution >= 0.6 is 23.1 Å². The van der Waals surface area contributed by atoms with Gasteiger partial charge in [0.1, 0.15) is 0 Å². The molecule has 0 spiro atoms. The molecule has 92 valence electrons. The van der Waals surface area contributed by atoms with E-state index < -0.39 is 0 Å². The molecule has 0 aromatic carbocycles. The molecule has 1 atom stereocenters. The second-order valence-corrected chi connectivity index (χ2v) is 7.71. The molecule has 0 aliphatic rings. The van der Waals surface area contributed by atoms with Gasteiger partial charge in [0.2, 0.25) is 0 Å². The van der Waals surface area contributed by atoms with Crippen LogP contribution in [0.4, 0.5) is 0 Å². The van der Waals surface area contributed by atoms with E-state index in [1.165, 1.54) is 24.2 Å². The highest BCUT2D eigenvalue weighted by Crippen LogP contribution is 2.24. The molecule has 1 heterocycles. The molecule has 0 aliphatic heterocycles. The minimum absolute atomic E-state index is 0.373. The standard InChI is InChI=1S/C13H23NS2/c1-13(2,3)16-10-12(14-4)6-5-11-7-8-15-9-11/h7-9,12,14H,5-6,10H2,1-4H3. The molecule has 1 N–H and O–H groups in total. The smallest absolute Gasteiger partial charge is 0.0158 e. The Kier molecular flexibility index (Phi) is 5.87. The fourth-order valence-corrected chi connectivity index (χ4v) is 3.18. The Bertz CT molecular complexity index is 275. The first kappa shape index (κ1) is 14.1. The third kappa shape index (κ3) is 5.92. The van der Waals surface area contributed by atoms with Crippen LogP contribution in [0.3, 0.4) is 0 Å². The number of aryl methyl sites for hydroxylation is 1.